The standard InChI is InChI=1S/C16H19F3N4O/c17-16(18,19)14-5-3-13(4-6-14)15(22-24-11-7-20)2-1-9-23-10-8-21-12-23/h2-6,8,10,12,22H,1,7,9,11,20H2. The van der Waals surface area contributed by atoms with Crippen LogP contribution in [-0.2, 0) is 17.6 Å². The van der Waals surface area contributed by atoms with Gasteiger partial charge in [-0.1, -0.05) is 18.2 Å². The van der Waals surface area contributed by atoms with Gasteiger partial charge < -0.3 is 10.3 Å². The molecule has 0 saturated carbocycles. The van der Waals surface area contributed by atoms with Crippen molar-refractivity contribution >= 4 is 5.70 Å². The van der Waals surface area contributed by atoms with Crippen LogP contribution in [0.25, 0.3) is 5.70 Å². The molecule has 1 aromatic heterocycles. The Bertz CT molecular complexity index is 636. The normalized spacial score (nSPS) is 12.4. The molecule has 1 heterocycles. The van der Waals surface area contributed by atoms with Crippen LogP contribution in [0.1, 0.15) is 17.5 Å². The van der Waals surface area contributed by atoms with Crippen molar-refractivity contribution in [1.29, 1.82) is 0 Å². The molecular formula is C16H19F3N4O. The minimum Gasteiger partial charge on any atom is -0.337 e. The number of allylic oxidation sites excluding steroid dienone is 1. The summed E-state index contributed by atoms with van der Waals surface area (Å²) in [5.74, 6) is 0. The summed E-state index contributed by atoms with van der Waals surface area (Å²) in [6.45, 7) is 1.32. The zero-order valence-electron chi connectivity index (χ0n) is 13.0. The summed E-state index contributed by atoms with van der Waals surface area (Å²) in [4.78, 5) is 9.15. The van der Waals surface area contributed by atoms with E-state index in [0.29, 0.717) is 37.4 Å². The summed E-state index contributed by atoms with van der Waals surface area (Å²) in [5, 5.41) is 0. The second-order valence-corrected chi connectivity index (χ2v) is 5.02. The predicted octanol–water partition coefficient (Wildman–Crippen LogP) is 2.81. The molecule has 0 unspecified atom stereocenters. The van der Waals surface area contributed by atoms with Crippen molar-refractivity contribution in [3.05, 3.63) is 60.2 Å². The number of aromatic nitrogens is 2. The van der Waals surface area contributed by atoms with E-state index in [1.54, 1.807) is 12.5 Å². The van der Waals surface area contributed by atoms with Crippen LogP contribution in [0.2, 0.25) is 0 Å². The first kappa shape index (κ1) is 18.0. The van der Waals surface area contributed by atoms with Crippen LogP contribution in [0.4, 0.5) is 13.2 Å². The van der Waals surface area contributed by atoms with E-state index >= 15 is 0 Å². The summed E-state index contributed by atoms with van der Waals surface area (Å²) in [5.41, 5.74) is 8.63. The molecule has 0 radical (unpaired) electrons. The van der Waals surface area contributed by atoms with Crippen LogP contribution >= 0.6 is 0 Å². The lowest BCUT2D eigenvalue weighted by molar-refractivity contribution is -0.137. The smallest absolute Gasteiger partial charge is 0.337 e. The van der Waals surface area contributed by atoms with Gasteiger partial charge in [0.05, 0.1) is 24.2 Å². The van der Waals surface area contributed by atoms with Gasteiger partial charge in [0.2, 0.25) is 0 Å². The number of hydroxylamine groups is 1. The van der Waals surface area contributed by atoms with Gasteiger partial charge >= 0.3 is 6.18 Å². The van der Waals surface area contributed by atoms with E-state index in [1.807, 2.05) is 16.8 Å². The van der Waals surface area contributed by atoms with E-state index in [-0.39, 0.29) is 0 Å². The highest BCUT2D eigenvalue weighted by Crippen LogP contribution is 2.29. The molecular weight excluding hydrogens is 321 g/mol. The van der Waals surface area contributed by atoms with Gasteiger partial charge in [-0.15, -0.1) is 0 Å². The highest BCUT2D eigenvalue weighted by molar-refractivity contribution is 5.63. The van der Waals surface area contributed by atoms with Gasteiger partial charge in [0.1, 0.15) is 0 Å². The second kappa shape index (κ2) is 8.51. The third-order valence-corrected chi connectivity index (χ3v) is 3.22. The summed E-state index contributed by atoms with van der Waals surface area (Å²) < 4.78 is 39.9. The fraction of sp³-hybridized carbons (Fsp3) is 0.312. The fourth-order valence-electron chi connectivity index (χ4n) is 2.02. The van der Waals surface area contributed by atoms with Crippen molar-refractivity contribution in [2.75, 3.05) is 13.2 Å². The maximum atomic E-state index is 12.7. The van der Waals surface area contributed by atoms with E-state index in [1.165, 1.54) is 12.1 Å². The Balaban J connectivity index is 2.09. The van der Waals surface area contributed by atoms with Crippen LogP contribution in [-0.4, -0.2) is 22.7 Å². The number of imidazole rings is 1. The van der Waals surface area contributed by atoms with Crippen molar-refractivity contribution < 1.29 is 18.0 Å². The molecule has 0 saturated heterocycles. The lowest BCUT2D eigenvalue weighted by atomic mass is 10.1. The lowest BCUT2D eigenvalue weighted by Crippen LogP contribution is -2.19. The minimum absolute atomic E-state index is 0.291. The maximum absolute atomic E-state index is 12.7. The Morgan fingerprint density at radius 3 is 2.62 bits per heavy atom. The number of alkyl halides is 3. The van der Waals surface area contributed by atoms with Crippen molar-refractivity contribution in [3.8, 4) is 0 Å². The molecule has 0 spiro atoms. The highest BCUT2D eigenvalue weighted by Gasteiger charge is 2.30. The molecule has 3 N–H and O–H groups in total. The summed E-state index contributed by atoms with van der Waals surface area (Å²) >= 11 is 0. The average molecular weight is 340 g/mol. The Morgan fingerprint density at radius 1 is 1.29 bits per heavy atom. The number of nitrogens with two attached hydrogens (primary N) is 1. The van der Waals surface area contributed by atoms with E-state index in [4.69, 9.17) is 10.6 Å². The molecule has 5 nitrogen and oxygen atoms in total. The molecule has 0 bridgehead atoms. The van der Waals surface area contributed by atoms with Crippen LogP contribution in [0.15, 0.2) is 49.1 Å². The summed E-state index contributed by atoms with van der Waals surface area (Å²) in [6.07, 6.45) is 3.38. The first-order valence-electron chi connectivity index (χ1n) is 7.42. The second-order valence-electron chi connectivity index (χ2n) is 5.02. The maximum Gasteiger partial charge on any atom is 0.416 e. The number of nitrogens with one attached hydrogen (secondary N) is 1. The van der Waals surface area contributed by atoms with Crippen molar-refractivity contribution in [2.24, 2.45) is 5.73 Å². The van der Waals surface area contributed by atoms with Crippen LogP contribution in [0, 0.1) is 0 Å². The van der Waals surface area contributed by atoms with Gasteiger partial charge in [-0.2, -0.15) is 13.2 Å². The van der Waals surface area contributed by atoms with Crippen molar-refractivity contribution in [3.63, 3.8) is 0 Å². The first-order chi connectivity index (χ1) is 11.5. The molecule has 2 rings (SSSR count). The van der Waals surface area contributed by atoms with Crippen molar-refractivity contribution in [2.45, 2.75) is 19.1 Å². The molecule has 1 aromatic carbocycles. The van der Waals surface area contributed by atoms with E-state index in [0.717, 1.165) is 12.1 Å². The number of hydrogen-bond acceptors (Lipinski definition) is 4. The number of nitrogens with zero attached hydrogens (tertiary/aromatic N) is 2. The first-order valence-corrected chi connectivity index (χ1v) is 7.42. The van der Waals surface area contributed by atoms with E-state index in [2.05, 4.69) is 10.5 Å². The van der Waals surface area contributed by atoms with Gasteiger partial charge in [0.15, 0.2) is 0 Å². The molecule has 24 heavy (non-hydrogen) atoms. The predicted molar refractivity (Wildman–Crippen MR) is 84.4 cm³/mol. The number of aryl methyl sites for hydroxylation is 1. The minimum atomic E-state index is -4.35. The number of benzene rings is 1. The van der Waals surface area contributed by atoms with Crippen LogP contribution in [0.3, 0.4) is 0 Å². The molecule has 0 aliphatic heterocycles. The van der Waals surface area contributed by atoms with Gasteiger partial charge in [-0.25, -0.2) is 4.98 Å². The molecule has 0 aliphatic rings. The van der Waals surface area contributed by atoms with E-state index in [9.17, 15) is 13.2 Å². The number of halogens is 3. The zero-order chi connectivity index (χ0) is 17.4. The molecule has 130 valence electrons. The molecule has 0 aliphatic carbocycles. The Kier molecular flexibility index (Phi) is 6.39. The number of hydrogen-bond donors (Lipinski definition) is 2. The zero-order valence-corrected chi connectivity index (χ0v) is 13.0. The lowest BCUT2D eigenvalue weighted by Gasteiger charge is -2.13. The summed E-state index contributed by atoms with van der Waals surface area (Å²) in [6, 6.07) is 4.91. The monoisotopic (exact) mass is 340 g/mol. The molecule has 2 aromatic rings. The third kappa shape index (κ3) is 5.39. The highest BCUT2D eigenvalue weighted by atomic mass is 19.4. The van der Waals surface area contributed by atoms with Crippen LogP contribution < -0.4 is 11.2 Å². The largest absolute Gasteiger partial charge is 0.416 e. The third-order valence-electron chi connectivity index (χ3n) is 3.22. The van der Waals surface area contributed by atoms with Gasteiger partial charge in [-0.3, -0.25) is 10.3 Å². The Hall–Kier alpha value is -2.32. The Labute approximate surface area is 137 Å². The van der Waals surface area contributed by atoms with Gasteiger partial charge in [0.25, 0.3) is 0 Å². The topological polar surface area (TPSA) is 65.1 Å². The van der Waals surface area contributed by atoms with E-state index < -0.39 is 11.7 Å². The molecule has 0 atom stereocenters. The summed E-state index contributed by atoms with van der Waals surface area (Å²) in [7, 11) is 0. The fourth-order valence-corrected chi connectivity index (χ4v) is 2.02. The molecule has 0 fully saturated rings. The van der Waals surface area contributed by atoms with Gasteiger partial charge in [0, 0.05) is 25.5 Å². The molecule has 8 heteroatoms. The van der Waals surface area contributed by atoms with Crippen molar-refractivity contribution in [1.82, 2.24) is 15.0 Å². The molecule has 0 amide bonds. The Morgan fingerprint density at radius 2 is 2.04 bits per heavy atom. The number of rotatable bonds is 8. The van der Waals surface area contributed by atoms with Crippen LogP contribution in [0.5, 0.6) is 0 Å². The quantitative estimate of drug-likeness (QED) is 0.573. The average Bonchev–Trinajstić information content (AvgIpc) is 3.06. The van der Waals surface area contributed by atoms with Gasteiger partial charge in [-0.05, 0) is 24.1 Å². The SMILES string of the molecule is NCCONC(=CCCn1ccnc1)c1ccc(C(F)(F)F)cc1.